The summed E-state index contributed by atoms with van der Waals surface area (Å²) >= 11 is 0. The zero-order chi connectivity index (χ0) is 27.2. The lowest BCUT2D eigenvalue weighted by Gasteiger charge is -2.32. The number of aryl methyl sites for hydroxylation is 2. The Kier molecular flexibility index (Phi) is 9.10. The number of carbonyl (C=O) groups excluding carboxylic acids is 2. The van der Waals surface area contributed by atoms with Crippen molar-refractivity contribution in [1.82, 2.24) is 10.2 Å². The molecule has 0 saturated heterocycles. The molecule has 0 aliphatic carbocycles. The molecule has 37 heavy (non-hydrogen) atoms. The van der Waals surface area contributed by atoms with Gasteiger partial charge in [0.1, 0.15) is 12.6 Å². The molecule has 0 saturated carbocycles. The van der Waals surface area contributed by atoms with Gasteiger partial charge in [0.15, 0.2) is 0 Å². The maximum atomic E-state index is 13.9. The Morgan fingerprint density at radius 3 is 2.14 bits per heavy atom. The fraction of sp³-hybridized carbons (Fsp3) is 0.310. The number of hydrogen-bond acceptors (Lipinski definition) is 4. The zero-order valence-corrected chi connectivity index (χ0v) is 22.9. The van der Waals surface area contributed by atoms with E-state index < -0.39 is 28.5 Å². The van der Waals surface area contributed by atoms with Crippen LogP contribution in [0.5, 0.6) is 0 Å². The predicted molar refractivity (Wildman–Crippen MR) is 147 cm³/mol. The monoisotopic (exact) mass is 521 g/mol. The van der Waals surface area contributed by atoms with Crippen LogP contribution in [0, 0.1) is 20.8 Å². The molecule has 0 bridgehead atoms. The first-order chi connectivity index (χ1) is 17.6. The molecule has 1 atom stereocenters. The fourth-order valence-electron chi connectivity index (χ4n) is 4.11. The van der Waals surface area contributed by atoms with E-state index >= 15 is 0 Å². The van der Waals surface area contributed by atoms with Gasteiger partial charge in [-0.25, -0.2) is 8.42 Å². The largest absolute Gasteiger partial charge is 0.355 e. The number of anilines is 1. The molecule has 196 valence electrons. The lowest BCUT2D eigenvalue weighted by atomic mass is 10.1. The van der Waals surface area contributed by atoms with E-state index in [1.54, 1.807) is 37.3 Å². The van der Waals surface area contributed by atoms with Crippen molar-refractivity contribution in [2.75, 3.05) is 17.4 Å². The third-order valence-electron chi connectivity index (χ3n) is 6.58. The molecule has 0 fully saturated rings. The maximum absolute atomic E-state index is 13.9. The number of nitrogens with zero attached hydrogens (tertiary/aromatic N) is 2. The number of sulfonamides is 1. The molecule has 0 unspecified atom stereocenters. The molecule has 0 heterocycles. The second-order valence-electron chi connectivity index (χ2n) is 9.06. The smallest absolute Gasteiger partial charge is 0.264 e. The number of hydrogen-bond donors (Lipinski definition) is 1. The number of likely N-dealkylation sites (N-methyl/N-ethyl adjacent to an activating group) is 1. The molecule has 0 aromatic heterocycles. The van der Waals surface area contributed by atoms with Gasteiger partial charge in [-0.05, 0) is 75.1 Å². The quantitative estimate of drug-likeness (QED) is 0.430. The van der Waals surface area contributed by atoms with Crippen LogP contribution in [0.25, 0.3) is 0 Å². The van der Waals surface area contributed by atoms with E-state index in [9.17, 15) is 18.0 Å². The first-order valence-electron chi connectivity index (χ1n) is 12.3. The molecular weight excluding hydrogens is 486 g/mol. The average molecular weight is 522 g/mol. The molecule has 2 amide bonds. The van der Waals surface area contributed by atoms with Crippen LogP contribution < -0.4 is 9.62 Å². The molecule has 1 N–H and O–H groups in total. The van der Waals surface area contributed by atoms with E-state index in [2.05, 4.69) is 5.32 Å². The van der Waals surface area contributed by atoms with Crippen molar-refractivity contribution in [2.24, 2.45) is 0 Å². The van der Waals surface area contributed by atoms with Gasteiger partial charge >= 0.3 is 0 Å². The van der Waals surface area contributed by atoms with Gasteiger partial charge in [-0.3, -0.25) is 13.9 Å². The van der Waals surface area contributed by atoms with E-state index in [0.717, 1.165) is 26.6 Å². The van der Waals surface area contributed by atoms with Crippen LogP contribution >= 0.6 is 0 Å². The number of rotatable bonds is 10. The average Bonchev–Trinajstić information content (AvgIpc) is 2.88. The lowest BCUT2D eigenvalue weighted by molar-refractivity contribution is -0.139. The Bertz CT molecular complexity index is 1360. The molecule has 7 nitrogen and oxygen atoms in total. The molecule has 0 aliphatic rings. The molecular formula is C29H35N3O4S. The summed E-state index contributed by atoms with van der Waals surface area (Å²) in [4.78, 5) is 28.2. The van der Waals surface area contributed by atoms with Gasteiger partial charge in [0, 0.05) is 13.1 Å². The van der Waals surface area contributed by atoms with Gasteiger partial charge in [-0.2, -0.15) is 0 Å². The predicted octanol–water partition coefficient (Wildman–Crippen LogP) is 4.36. The van der Waals surface area contributed by atoms with Crippen molar-refractivity contribution >= 4 is 27.5 Å². The van der Waals surface area contributed by atoms with Crippen molar-refractivity contribution < 1.29 is 18.0 Å². The highest BCUT2D eigenvalue weighted by Crippen LogP contribution is 2.29. The second kappa shape index (κ2) is 12.1. The summed E-state index contributed by atoms with van der Waals surface area (Å²) in [6, 6.07) is 20.3. The van der Waals surface area contributed by atoms with Crippen LogP contribution in [-0.4, -0.2) is 44.3 Å². The number of amides is 2. The Hall–Kier alpha value is -3.65. The maximum Gasteiger partial charge on any atom is 0.264 e. The normalized spacial score (nSPS) is 12.0. The van der Waals surface area contributed by atoms with Crippen LogP contribution in [0.4, 0.5) is 5.69 Å². The van der Waals surface area contributed by atoms with Crippen LogP contribution in [0.2, 0.25) is 0 Å². The van der Waals surface area contributed by atoms with E-state index in [0.29, 0.717) is 12.2 Å². The summed E-state index contributed by atoms with van der Waals surface area (Å²) in [5.41, 5.74) is 3.96. The van der Waals surface area contributed by atoms with E-state index in [1.165, 1.54) is 17.0 Å². The summed E-state index contributed by atoms with van der Waals surface area (Å²) in [7, 11) is -4.07. The van der Waals surface area contributed by atoms with Crippen LogP contribution in [0.15, 0.2) is 77.7 Å². The van der Waals surface area contributed by atoms with Crippen molar-refractivity contribution in [3.05, 3.63) is 95.1 Å². The molecule has 3 aromatic carbocycles. The highest BCUT2D eigenvalue weighted by molar-refractivity contribution is 7.92. The summed E-state index contributed by atoms with van der Waals surface area (Å²) < 4.78 is 28.9. The zero-order valence-electron chi connectivity index (χ0n) is 22.1. The molecule has 0 spiro atoms. The van der Waals surface area contributed by atoms with E-state index in [1.807, 2.05) is 58.0 Å². The first-order valence-corrected chi connectivity index (χ1v) is 13.8. The first kappa shape index (κ1) is 27.9. The molecule has 8 heteroatoms. The third kappa shape index (κ3) is 6.38. The van der Waals surface area contributed by atoms with Gasteiger partial charge < -0.3 is 10.2 Å². The number of nitrogens with one attached hydrogen (secondary N) is 1. The SMILES string of the molecule is CCNC(=O)[C@H](C)N(Cc1ccccc1C)C(=O)CN(c1cccc(C)c1C)S(=O)(=O)c1ccccc1. The van der Waals surface area contributed by atoms with Crippen molar-refractivity contribution in [3.8, 4) is 0 Å². The van der Waals surface area contributed by atoms with Crippen molar-refractivity contribution in [1.29, 1.82) is 0 Å². The van der Waals surface area contributed by atoms with E-state index in [-0.39, 0.29) is 17.3 Å². The van der Waals surface area contributed by atoms with Crippen LogP contribution in [-0.2, 0) is 26.2 Å². The van der Waals surface area contributed by atoms with E-state index in [4.69, 9.17) is 0 Å². The summed E-state index contributed by atoms with van der Waals surface area (Å²) in [5, 5.41) is 2.77. The molecule has 3 aromatic rings. The van der Waals surface area contributed by atoms with Crippen molar-refractivity contribution in [2.45, 2.75) is 52.1 Å². The Morgan fingerprint density at radius 1 is 0.865 bits per heavy atom. The topological polar surface area (TPSA) is 86.8 Å². The Labute approximate surface area is 220 Å². The van der Waals surface area contributed by atoms with Crippen LogP contribution in [0.3, 0.4) is 0 Å². The molecule has 0 aliphatic heterocycles. The Balaban J connectivity index is 2.08. The number of benzene rings is 3. The van der Waals surface area contributed by atoms with Gasteiger partial charge in [0.05, 0.1) is 10.6 Å². The van der Waals surface area contributed by atoms with Crippen molar-refractivity contribution in [3.63, 3.8) is 0 Å². The second-order valence-corrected chi connectivity index (χ2v) is 10.9. The van der Waals surface area contributed by atoms with Gasteiger partial charge in [-0.15, -0.1) is 0 Å². The lowest BCUT2D eigenvalue weighted by Crippen LogP contribution is -2.51. The van der Waals surface area contributed by atoms with Gasteiger partial charge in [0.2, 0.25) is 11.8 Å². The van der Waals surface area contributed by atoms with Gasteiger partial charge in [-0.1, -0.05) is 54.6 Å². The highest BCUT2D eigenvalue weighted by atomic mass is 32.2. The highest BCUT2D eigenvalue weighted by Gasteiger charge is 2.33. The minimum atomic E-state index is -4.07. The summed E-state index contributed by atoms with van der Waals surface area (Å²) in [5.74, 6) is -0.768. The molecule has 3 rings (SSSR count). The van der Waals surface area contributed by atoms with Gasteiger partial charge in [0.25, 0.3) is 10.0 Å². The summed E-state index contributed by atoms with van der Waals surface area (Å²) in [6.45, 7) is 9.30. The third-order valence-corrected chi connectivity index (χ3v) is 8.35. The number of carbonyl (C=O) groups is 2. The minimum absolute atomic E-state index is 0.0888. The minimum Gasteiger partial charge on any atom is -0.355 e. The van der Waals surface area contributed by atoms with Crippen LogP contribution in [0.1, 0.15) is 36.1 Å². The standard InChI is InChI=1S/C29H35N3O4S/c1-6-30-29(34)24(5)31(19-25-15-11-10-13-22(25)3)28(33)20-32(27-18-12-14-21(2)23(27)4)37(35,36)26-16-8-7-9-17-26/h7-18,24H,6,19-20H2,1-5H3,(H,30,34)/t24-/m0/s1. The molecule has 0 radical (unpaired) electrons. The Morgan fingerprint density at radius 2 is 1.49 bits per heavy atom. The fourth-order valence-corrected chi connectivity index (χ4v) is 5.61. The summed E-state index contributed by atoms with van der Waals surface area (Å²) in [6.07, 6.45) is 0.